The zero-order valence-corrected chi connectivity index (χ0v) is 21.7. The molecule has 214 valence electrons. The number of phenolic OH excluding ortho intramolecular Hbond substituents is 1. The number of aliphatic carboxylic acids is 1. The Hall–Kier alpha value is -4.46. The molecular weight excluding hydrogens is 522 g/mol. The molecule has 0 spiro atoms. The van der Waals surface area contributed by atoms with Gasteiger partial charge in [0.2, 0.25) is 17.7 Å². The Bertz CT molecular complexity index is 1340. The maximum Gasteiger partial charge on any atom is 0.326 e. The van der Waals surface area contributed by atoms with Crippen LogP contribution in [-0.4, -0.2) is 86.0 Å². The van der Waals surface area contributed by atoms with E-state index in [1.807, 2.05) is 24.3 Å². The van der Waals surface area contributed by atoms with Crippen molar-refractivity contribution in [2.45, 2.75) is 50.0 Å². The van der Waals surface area contributed by atoms with Gasteiger partial charge in [-0.15, -0.1) is 0 Å². The summed E-state index contributed by atoms with van der Waals surface area (Å²) in [4.78, 5) is 53.8. The highest BCUT2D eigenvalue weighted by Crippen LogP contribution is 2.19. The average molecular weight is 556 g/mol. The number of para-hydroxylation sites is 1. The minimum atomic E-state index is -1.53. The van der Waals surface area contributed by atoms with Gasteiger partial charge >= 0.3 is 5.97 Å². The SMILES string of the molecule is CC(O)C(NC(=O)C(N)CO)C(=O)NC(Cc1ccc(O)cc1)C(=O)NC(Cc1c[nH]c2ccccc12)C(=O)O. The number of nitrogens with one attached hydrogen (secondary N) is 4. The predicted molar refractivity (Wildman–Crippen MR) is 144 cm³/mol. The van der Waals surface area contributed by atoms with Gasteiger partial charge in [-0.3, -0.25) is 14.4 Å². The number of fused-ring (bicyclic) bond motifs is 1. The number of hydrogen-bond donors (Lipinski definition) is 9. The number of aromatic nitrogens is 1. The highest BCUT2D eigenvalue weighted by atomic mass is 16.4. The molecule has 13 heteroatoms. The Morgan fingerprint density at radius 2 is 1.55 bits per heavy atom. The molecule has 0 aliphatic rings. The van der Waals surface area contributed by atoms with Gasteiger partial charge in [0.1, 0.15) is 29.9 Å². The number of aliphatic hydroxyl groups excluding tert-OH is 2. The first-order chi connectivity index (χ1) is 19.0. The summed E-state index contributed by atoms with van der Waals surface area (Å²) in [5.41, 5.74) is 7.48. The van der Waals surface area contributed by atoms with Crippen molar-refractivity contribution in [1.29, 1.82) is 0 Å². The molecule has 1 heterocycles. The summed E-state index contributed by atoms with van der Waals surface area (Å²) in [7, 11) is 0. The molecule has 40 heavy (non-hydrogen) atoms. The molecule has 3 rings (SSSR count). The topological polar surface area (TPSA) is 227 Å². The van der Waals surface area contributed by atoms with Crippen molar-refractivity contribution < 1.29 is 39.6 Å². The number of aromatic amines is 1. The van der Waals surface area contributed by atoms with Crippen LogP contribution in [0.5, 0.6) is 5.75 Å². The van der Waals surface area contributed by atoms with Crippen LogP contribution in [-0.2, 0) is 32.0 Å². The van der Waals surface area contributed by atoms with Gasteiger partial charge in [-0.25, -0.2) is 4.79 Å². The van der Waals surface area contributed by atoms with Crippen molar-refractivity contribution in [2.24, 2.45) is 5.73 Å². The molecule has 2 aromatic carbocycles. The summed E-state index contributed by atoms with van der Waals surface area (Å²) >= 11 is 0. The van der Waals surface area contributed by atoms with E-state index in [1.54, 1.807) is 6.20 Å². The molecule has 3 aromatic rings. The van der Waals surface area contributed by atoms with Crippen LogP contribution in [0.1, 0.15) is 18.1 Å². The van der Waals surface area contributed by atoms with E-state index >= 15 is 0 Å². The Morgan fingerprint density at radius 3 is 2.17 bits per heavy atom. The number of hydrogen-bond acceptors (Lipinski definition) is 8. The number of amides is 3. The van der Waals surface area contributed by atoms with Crippen molar-refractivity contribution in [1.82, 2.24) is 20.9 Å². The number of aromatic hydroxyl groups is 1. The van der Waals surface area contributed by atoms with Crippen LogP contribution in [0.15, 0.2) is 54.7 Å². The van der Waals surface area contributed by atoms with Crippen LogP contribution >= 0.6 is 0 Å². The van der Waals surface area contributed by atoms with Gasteiger partial charge in [-0.2, -0.15) is 0 Å². The molecule has 5 atom stereocenters. The first-order valence-electron chi connectivity index (χ1n) is 12.5. The lowest BCUT2D eigenvalue weighted by atomic mass is 10.0. The van der Waals surface area contributed by atoms with Gasteiger partial charge in [0.05, 0.1) is 12.7 Å². The number of H-pyrrole nitrogens is 1. The lowest BCUT2D eigenvalue weighted by Gasteiger charge is -2.26. The molecule has 0 aliphatic carbocycles. The fourth-order valence-corrected chi connectivity index (χ4v) is 4.08. The normalized spacial score (nSPS) is 14.9. The van der Waals surface area contributed by atoms with Crippen LogP contribution in [0, 0.1) is 0 Å². The Kier molecular flexibility index (Phi) is 10.2. The zero-order valence-electron chi connectivity index (χ0n) is 21.7. The number of nitrogens with two attached hydrogens (primary N) is 1. The second kappa shape index (κ2) is 13.6. The fourth-order valence-electron chi connectivity index (χ4n) is 4.08. The highest BCUT2D eigenvalue weighted by Gasteiger charge is 2.32. The largest absolute Gasteiger partial charge is 0.508 e. The maximum absolute atomic E-state index is 13.4. The third-order valence-corrected chi connectivity index (χ3v) is 6.32. The number of carboxylic acids is 1. The zero-order chi connectivity index (χ0) is 29.4. The number of carbonyl (C=O) groups excluding carboxylic acids is 3. The monoisotopic (exact) mass is 555 g/mol. The molecule has 0 aliphatic heterocycles. The summed E-state index contributed by atoms with van der Waals surface area (Å²) < 4.78 is 0. The van der Waals surface area contributed by atoms with E-state index in [2.05, 4.69) is 20.9 Å². The molecule has 13 nitrogen and oxygen atoms in total. The molecule has 0 bridgehead atoms. The van der Waals surface area contributed by atoms with Crippen LogP contribution in [0.3, 0.4) is 0 Å². The van der Waals surface area contributed by atoms with Crippen molar-refractivity contribution in [3.63, 3.8) is 0 Å². The third-order valence-electron chi connectivity index (χ3n) is 6.32. The number of rotatable bonds is 13. The molecule has 10 N–H and O–H groups in total. The number of aliphatic hydroxyl groups is 2. The van der Waals surface area contributed by atoms with E-state index in [0.29, 0.717) is 11.1 Å². The Labute approximate surface area is 229 Å². The van der Waals surface area contributed by atoms with E-state index < -0.39 is 60.6 Å². The average Bonchev–Trinajstić information content (AvgIpc) is 3.33. The lowest BCUT2D eigenvalue weighted by molar-refractivity contribution is -0.142. The molecule has 0 saturated heterocycles. The van der Waals surface area contributed by atoms with E-state index in [9.17, 15) is 34.5 Å². The number of carbonyl (C=O) groups is 4. The second-order valence-electron chi connectivity index (χ2n) is 9.41. The lowest BCUT2D eigenvalue weighted by Crippen LogP contribution is -2.60. The Balaban J connectivity index is 1.83. The van der Waals surface area contributed by atoms with Crippen LogP contribution in [0.4, 0.5) is 0 Å². The predicted octanol–water partition coefficient (Wildman–Crippen LogP) is -1.10. The molecule has 3 amide bonds. The van der Waals surface area contributed by atoms with E-state index in [1.165, 1.54) is 31.2 Å². The van der Waals surface area contributed by atoms with Crippen molar-refractivity contribution in [2.75, 3.05) is 6.61 Å². The number of phenols is 1. The number of carboxylic acid groups (broad SMARTS) is 1. The van der Waals surface area contributed by atoms with Crippen LogP contribution in [0.2, 0.25) is 0 Å². The summed E-state index contributed by atoms with van der Waals surface area (Å²) in [6, 6.07) is 7.58. The molecule has 5 unspecified atom stereocenters. The van der Waals surface area contributed by atoms with Crippen molar-refractivity contribution >= 4 is 34.6 Å². The molecule has 0 saturated carbocycles. The van der Waals surface area contributed by atoms with E-state index in [0.717, 1.165) is 10.9 Å². The maximum atomic E-state index is 13.4. The summed E-state index contributed by atoms with van der Waals surface area (Å²) in [6.07, 6.45) is 0.112. The first kappa shape index (κ1) is 30.1. The number of benzene rings is 2. The summed E-state index contributed by atoms with van der Waals surface area (Å²) in [6.45, 7) is 0.546. The molecular formula is C27H33N5O8. The van der Waals surface area contributed by atoms with Gasteiger partial charge in [-0.1, -0.05) is 30.3 Å². The minimum absolute atomic E-state index is 0.0180. The Morgan fingerprint density at radius 1 is 0.900 bits per heavy atom. The van der Waals surface area contributed by atoms with E-state index in [-0.39, 0.29) is 18.6 Å². The summed E-state index contributed by atoms with van der Waals surface area (Å²) in [5, 5.41) is 46.7. The standard InChI is InChI=1S/C27H33N5O8/c1-14(34)23(32-24(36)19(28)13-33)26(38)30-21(10-15-6-8-17(35)9-7-15)25(37)31-22(27(39)40)11-16-12-29-20-5-3-2-4-18(16)20/h2-9,12,14,19,21-23,29,33-35H,10-11,13,28H2,1H3,(H,30,38)(H,31,37)(H,32,36)(H,39,40). The second-order valence-corrected chi connectivity index (χ2v) is 9.41. The van der Waals surface area contributed by atoms with Gasteiger partial charge in [0.25, 0.3) is 0 Å². The van der Waals surface area contributed by atoms with Crippen LogP contribution in [0.25, 0.3) is 10.9 Å². The summed E-state index contributed by atoms with van der Waals surface area (Å²) in [5.74, 6) is -3.96. The highest BCUT2D eigenvalue weighted by molar-refractivity contribution is 5.94. The molecule has 0 fully saturated rings. The molecule has 0 radical (unpaired) electrons. The van der Waals surface area contributed by atoms with Crippen molar-refractivity contribution in [3.05, 3.63) is 65.9 Å². The smallest absolute Gasteiger partial charge is 0.326 e. The van der Waals surface area contributed by atoms with Gasteiger partial charge in [0.15, 0.2) is 0 Å². The fraction of sp³-hybridized carbons (Fsp3) is 0.333. The van der Waals surface area contributed by atoms with Crippen LogP contribution < -0.4 is 21.7 Å². The van der Waals surface area contributed by atoms with Gasteiger partial charge in [0, 0.05) is 29.9 Å². The quantitative estimate of drug-likeness (QED) is 0.124. The first-order valence-corrected chi connectivity index (χ1v) is 12.5. The minimum Gasteiger partial charge on any atom is -0.508 e. The van der Waals surface area contributed by atoms with Gasteiger partial charge < -0.3 is 47.1 Å². The van der Waals surface area contributed by atoms with E-state index in [4.69, 9.17) is 10.8 Å². The third kappa shape index (κ3) is 7.79. The molecule has 1 aromatic heterocycles. The van der Waals surface area contributed by atoms with Gasteiger partial charge in [-0.05, 0) is 36.2 Å². The van der Waals surface area contributed by atoms with Crippen molar-refractivity contribution in [3.8, 4) is 5.75 Å².